The Bertz CT molecular complexity index is 926. The topological polar surface area (TPSA) is 31.4 Å². The number of pyridine rings is 1. The van der Waals surface area contributed by atoms with Crippen LogP contribution in [0.2, 0.25) is 0 Å². The Morgan fingerprint density at radius 3 is 2.58 bits per heavy atom. The Morgan fingerprint density at radius 2 is 1.79 bits per heavy atom. The lowest BCUT2D eigenvalue weighted by Crippen LogP contribution is -2.05. The van der Waals surface area contributed by atoms with Crippen molar-refractivity contribution in [1.82, 2.24) is 4.98 Å². The molecule has 3 heteroatoms. The van der Waals surface area contributed by atoms with Gasteiger partial charge in [0.25, 0.3) is 0 Å². The molecule has 2 heterocycles. The van der Waals surface area contributed by atoms with Gasteiger partial charge >= 0.3 is 0 Å². The van der Waals surface area contributed by atoms with E-state index in [0.717, 1.165) is 5.69 Å². The van der Waals surface area contributed by atoms with E-state index in [2.05, 4.69) is 44.2 Å². The molecule has 1 aliphatic rings. The van der Waals surface area contributed by atoms with Crippen LogP contribution in [-0.2, 0) is 29.3 Å². The summed E-state index contributed by atoms with van der Waals surface area (Å²) in [6.45, 7) is 6.33. The van der Waals surface area contributed by atoms with Crippen molar-refractivity contribution >= 4 is 10.8 Å². The first-order valence-electron chi connectivity index (χ1n) is 8.27. The average Bonchev–Trinajstić information content (AvgIpc) is 3.10. The summed E-state index contributed by atoms with van der Waals surface area (Å²) in [5.74, 6) is 0. The molecule has 1 aromatic heterocycles. The van der Waals surface area contributed by atoms with Crippen molar-refractivity contribution in [2.75, 3.05) is 7.11 Å². The van der Waals surface area contributed by atoms with Crippen LogP contribution in [0.1, 0.15) is 27.8 Å². The first-order chi connectivity index (χ1) is 11.7. The van der Waals surface area contributed by atoms with E-state index in [4.69, 9.17) is 14.5 Å². The van der Waals surface area contributed by atoms with Gasteiger partial charge in [0.1, 0.15) is 0 Å². The van der Waals surface area contributed by atoms with Gasteiger partial charge in [0.2, 0.25) is 0 Å². The molecule has 0 saturated heterocycles. The van der Waals surface area contributed by atoms with E-state index in [9.17, 15) is 0 Å². The van der Waals surface area contributed by atoms with Gasteiger partial charge in [-0.15, -0.1) is 0 Å². The van der Waals surface area contributed by atoms with Crippen LogP contribution in [0.25, 0.3) is 22.0 Å². The third-order valence-electron chi connectivity index (χ3n) is 5.09. The van der Waals surface area contributed by atoms with Gasteiger partial charge in [0.15, 0.2) is 0 Å². The maximum atomic E-state index is 5.73. The van der Waals surface area contributed by atoms with Crippen LogP contribution in [0, 0.1) is 13.8 Å². The second-order valence-electron chi connectivity index (χ2n) is 6.37. The normalized spacial score (nSPS) is 13.5. The lowest BCUT2D eigenvalue weighted by Gasteiger charge is -2.20. The molecule has 2 aromatic carbocycles. The molecule has 122 valence electrons. The largest absolute Gasteiger partial charge is 0.380 e. The minimum atomic E-state index is 0.584. The van der Waals surface area contributed by atoms with Gasteiger partial charge in [-0.1, -0.05) is 24.3 Å². The van der Waals surface area contributed by atoms with E-state index >= 15 is 0 Å². The monoisotopic (exact) mass is 319 g/mol. The molecule has 1 aliphatic heterocycles. The lowest BCUT2D eigenvalue weighted by atomic mass is 9.86. The third kappa shape index (κ3) is 2.24. The summed E-state index contributed by atoms with van der Waals surface area (Å²) in [6, 6.07) is 10.5. The smallest absolute Gasteiger partial charge is 0.0786 e. The van der Waals surface area contributed by atoms with Gasteiger partial charge in [-0.25, -0.2) is 0 Å². The minimum absolute atomic E-state index is 0.584. The highest BCUT2D eigenvalue weighted by Gasteiger charge is 2.25. The Hall–Kier alpha value is -2.23. The highest BCUT2D eigenvalue weighted by atomic mass is 16.5. The molecule has 3 aromatic rings. The van der Waals surface area contributed by atoms with Crippen molar-refractivity contribution in [2.45, 2.75) is 33.7 Å². The average molecular weight is 319 g/mol. The van der Waals surface area contributed by atoms with Crippen LogP contribution in [0.5, 0.6) is 0 Å². The van der Waals surface area contributed by atoms with Crippen molar-refractivity contribution in [3.05, 3.63) is 64.3 Å². The van der Waals surface area contributed by atoms with E-state index in [-0.39, 0.29) is 0 Å². The van der Waals surface area contributed by atoms with Gasteiger partial charge < -0.3 is 9.47 Å². The molecule has 0 N–H and O–H groups in total. The SMILES string of the molecule is COCc1c(C)c2c(c(C)c1-c1nccc3ccccc13)COC2. The summed E-state index contributed by atoms with van der Waals surface area (Å²) in [5.41, 5.74) is 8.65. The van der Waals surface area contributed by atoms with Gasteiger partial charge in [-0.05, 0) is 53.1 Å². The van der Waals surface area contributed by atoms with Crippen LogP contribution in [0.4, 0.5) is 0 Å². The molecule has 0 fully saturated rings. The van der Waals surface area contributed by atoms with Crippen LogP contribution in [-0.4, -0.2) is 12.1 Å². The Balaban J connectivity index is 2.09. The fourth-order valence-corrected chi connectivity index (χ4v) is 3.81. The number of aromatic nitrogens is 1. The minimum Gasteiger partial charge on any atom is -0.380 e. The van der Waals surface area contributed by atoms with Crippen LogP contribution < -0.4 is 0 Å². The van der Waals surface area contributed by atoms with E-state index in [1.54, 1.807) is 7.11 Å². The standard InChI is InChI=1S/C21H21NO2/c1-13-17-11-24-12-18(17)14(2)20(19(13)10-23-3)21-16-7-5-4-6-15(16)8-9-22-21/h4-9H,10-12H2,1-3H3. The molecule has 3 nitrogen and oxygen atoms in total. The molecule has 0 saturated carbocycles. The summed E-state index contributed by atoms with van der Waals surface area (Å²) < 4.78 is 11.3. The second kappa shape index (κ2) is 6.00. The molecular weight excluding hydrogens is 298 g/mol. The lowest BCUT2D eigenvalue weighted by molar-refractivity contribution is 0.134. The van der Waals surface area contributed by atoms with E-state index in [1.807, 2.05) is 6.20 Å². The predicted molar refractivity (Wildman–Crippen MR) is 95.9 cm³/mol. The third-order valence-corrected chi connectivity index (χ3v) is 5.09. The molecule has 0 spiro atoms. The fourth-order valence-electron chi connectivity index (χ4n) is 3.81. The van der Waals surface area contributed by atoms with Crippen LogP contribution in [0.3, 0.4) is 0 Å². The first kappa shape index (κ1) is 15.3. The maximum absolute atomic E-state index is 5.73. The van der Waals surface area contributed by atoms with Crippen molar-refractivity contribution in [3.63, 3.8) is 0 Å². The zero-order chi connectivity index (χ0) is 16.7. The van der Waals surface area contributed by atoms with Crippen LogP contribution in [0.15, 0.2) is 36.5 Å². The highest BCUT2D eigenvalue weighted by Crippen LogP contribution is 2.40. The molecule has 0 bridgehead atoms. The van der Waals surface area contributed by atoms with Crippen molar-refractivity contribution in [1.29, 1.82) is 0 Å². The number of nitrogens with zero attached hydrogens (tertiary/aromatic N) is 1. The van der Waals surface area contributed by atoms with E-state index in [1.165, 1.54) is 44.2 Å². The summed E-state index contributed by atoms with van der Waals surface area (Å²) >= 11 is 0. The maximum Gasteiger partial charge on any atom is 0.0786 e. The zero-order valence-corrected chi connectivity index (χ0v) is 14.3. The summed E-state index contributed by atoms with van der Waals surface area (Å²) in [7, 11) is 1.75. The molecular formula is C21H21NO2. The molecule has 0 atom stereocenters. The fraction of sp³-hybridized carbons (Fsp3) is 0.286. The van der Waals surface area contributed by atoms with Gasteiger partial charge in [0, 0.05) is 24.3 Å². The van der Waals surface area contributed by atoms with Crippen molar-refractivity contribution in [2.24, 2.45) is 0 Å². The van der Waals surface area contributed by atoms with Crippen molar-refractivity contribution in [3.8, 4) is 11.3 Å². The Kier molecular flexibility index (Phi) is 3.83. The van der Waals surface area contributed by atoms with Gasteiger partial charge in [-0.2, -0.15) is 0 Å². The quantitative estimate of drug-likeness (QED) is 0.701. The highest BCUT2D eigenvalue weighted by molar-refractivity contribution is 5.96. The summed E-state index contributed by atoms with van der Waals surface area (Å²) in [5, 5.41) is 2.39. The summed E-state index contributed by atoms with van der Waals surface area (Å²) in [6.07, 6.45) is 1.90. The Labute approximate surface area is 142 Å². The number of methoxy groups -OCH3 is 1. The molecule has 0 radical (unpaired) electrons. The van der Waals surface area contributed by atoms with Gasteiger partial charge in [0.05, 0.1) is 25.5 Å². The number of hydrogen-bond acceptors (Lipinski definition) is 3. The van der Waals surface area contributed by atoms with Crippen molar-refractivity contribution < 1.29 is 9.47 Å². The molecule has 24 heavy (non-hydrogen) atoms. The number of rotatable bonds is 3. The number of hydrogen-bond donors (Lipinski definition) is 0. The molecule has 0 amide bonds. The molecule has 0 unspecified atom stereocenters. The van der Waals surface area contributed by atoms with E-state index < -0.39 is 0 Å². The summed E-state index contributed by atoms with van der Waals surface area (Å²) in [4.78, 5) is 4.75. The molecule has 4 rings (SSSR count). The van der Waals surface area contributed by atoms with Gasteiger partial charge in [-0.3, -0.25) is 4.98 Å². The van der Waals surface area contributed by atoms with Crippen LogP contribution >= 0.6 is 0 Å². The number of benzene rings is 2. The van der Waals surface area contributed by atoms with E-state index in [0.29, 0.717) is 19.8 Å². The zero-order valence-electron chi connectivity index (χ0n) is 14.3. The number of fused-ring (bicyclic) bond motifs is 2. The predicted octanol–water partition coefficient (Wildman–Crippen LogP) is 4.70. The molecule has 0 aliphatic carbocycles. The number of ether oxygens (including phenoxy) is 2. The first-order valence-corrected chi connectivity index (χ1v) is 8.27. The second-order valence-corrected chi connectivity index (χ2v) is 6.37. The Morgan fingerprint density at radius 1 is 1.04 bits per heavy atom.